The van der Waals surface area contributed by atoms with Crippen LogP contribution in [0.2, 0.25) is 0 Å². The monoisotopic (exact) mass is 1830 g/mol. The van der Waals surface area contributed by atoms with Crippen LogP contribution in [0.1, 0.15) is 192 Å². The molecule has 130 heavy (non-hydrogen) atoms. The first-order chi connectivity index (χ1) is 62.2. The van der Waals surface area contributed by atoms with Gasteiger partial charge in [-0.2, -0.15) is 11.8 Å². The van der Waals surface area contributed by atoms with E-state index in [0.29, 0.717) is 48.8 Å². The lowest BCUT2D eigenvalue weighted by atomic mass is 9.91. The van der Waals surface area contributed by atoms with E-state index in [9.17, 15) is 74.4 Å². The average Bonchev–Trinajstić information content (AvgIpc) is 1.61. The van der Waals surface area contributed by atoms with Gasteiger partial charge in [0, 0.05) is 70.4 Å². The summed E-state index contributed by atoms with van der Waals surface area (Å²) < 4.78 is 5.78. The van der Waals surface area contributed by atoms with Crippen molar-refractivity contribution in [2.75, 3.05) is 51.3 Å². The molecule has 714 valence electrons. The zero-order valence-corrected chi connectivity index (χ0v) is 76.2. The highest BCUT2D eigenvalue weighted by Crippen LogP contribution is 2.45. The lowest BCUT2D eigenvalue weighted by Crippen LogP contribution is -2.65. The van der Waals surface area contributed by atoms with Gasteiger partial charge in [-0.3, -0.25) is 62.9 Å². The number of phenolic OH excluding ortho intramolecular Hbond substituents is 1. The predicted octanol–water partition coefficient (Wildman–Crippen LogP) is 1.54. The fourth-order valence-corrected chi connectivity index (χ4v) is 18.2. The molecule has 37 heteroatoms. The summed E-state index contributed by atoms with van der Waals surface area (Å²) in [4.78, 5) is 192. The molecule has 4 aromatic carbocycles. The molecule has 4 aromatic rings. The maximum absolute atomic E-state index is 15.9. The quantitative estimate of drug-likeness (QED) is 0.0221. The molecule has 19 N–H and O–H groups in total. The Balaban J connectivity index is 1.02. The Labute approximate surface area is 763 Å². The van der Waals surface area contributed by atoms with Crippen LogP contribution in [0, 0.1) is 17.8 Å². The van der Waals surface area contributed by atoms with E-state index in [1.165, 1.54) is 28.8 Å². The molecule has 4 heterocycles. The summed E-state index contributed by atoms with van der Waals surface area (Å²) in [5.41, 5.74) is 4.29. The lowest BCUT2D eigenvalue weighted by molar-refractivity contribution is -0.148. The number of rotatable bonds is 42. The summed E-state index contributed by atoms with van der Waals surface area (Å²) in [6, 6.07) is 10.6. The van der Waals surface area contributed by atoms with Crippen molar-refractivity contribution in [3.05, 3.63) is 125 Å². The van der Waals surface area contributed by atoms with Gasteiger partial charge in [0.25, 0.3) is 0 Å². The smallest absolute Gasteiger partial charge is 0.407 e. The van der Waals surface area contributed by atoms with Crippen molar-refractivity contribution in [1.82, 2.24) is 73.2 Å². The largest absolute Gasteiger partial charge is 0.508 e. The second kappa shape index (κ2) is 50.3. The minimum Gasteiger partial charge on any atom is -0.508 e. The van der Waals surface area contributed by atoms with Gasteiger partial charge in [-0.05, 0) is 128 Å². The second-order valence-corrected chi connectivity index (χ2v) is 36.3. The van der Waals surface area contributed by atoms with Gasteiger partial charge in [0.2, 0.25) is 71.4 Å². The number of nitrogens with one attached hydrogen (secondary N) is 11. The molecule has 4 saturated heterocycles. The highest BCUT2D eigenvalue weighted by atomic mass is 32.2. The van der Waals surface area contributed by atoms with Crippen LogP contribution in [0.4, 0.5) is 4.79 Å². The molecule has 22 atom stereocenters. The third kappa shape index (κ3) is 28.3. The Morgan fingerprint density at radius 1 is 0.615 bits per heavy atom. The topological polar surface area (TPSA) is 535 Å². The Kier molecular flexibility index (Phi) is 40.0. The lowest BCUT2D eigenvalue weighted by Gasteiger charge is -2.35. The van der Waals surface area contributed by atoms with Crippen molar-refractivity contribution >= 4 is 89.2 Å². The molecular formula is C93H134N14O22S. The number of carbonyl (C=O) groups excluding carboxylic acids is 13. The normalized spacial score (nSPS) is 24.6. The Morgan fingerprint density at radius 3 is 1.91 bits per heavy atom. The van der Waals surface area contributed by atoms with Crippen molar-refractivity contribution in [3.63, 3.8) is 0 Å². The van der Waals surface area contributed by atoms with E-state index in [2.05, 4.69) is 79.3 Å². The molecule has 13 amide bonds. The van der Waals surface area contributed by atoms with Crippen LogP contribution in [0.25, 0.3) is 11.1 Å². The Hall–Kier alpha value is -10.4. The van der Waals surface area contributed by atoms with Crippen LogP contribution in [0.5, 0.6) is 5.75 Å². The Morgan fingerprint density at radius 2 is 1.25 bits per heavy atom. The van der Waals surface area contributed by atoms with Gasteiger partial charge in [0.05, 0.1) is 30.5 Å². The molecular weight excluding hydrogens is 1700 g/mol. The number of hydrogen-bond acceptors (Lipinski definition) is 24. The van der Waals surface area contributed by atoms with Crippen molar-refractivity contribution in [2.24, 2.45) is 17.8 Å². The standard InChI is InChI=1S/C93H134N14O22S/c1-9-52(3)44-53(4)24-16-13-11-12-14-19-31-74(115)97-68-48-73(114)82(94-39-40-95-93(128)129-50-65-63-29-22-20-27-61(63)62-28-21-23-30-64(62)65)104-89(124)79-72(113)37-42-106(79)92(127)77(102-88(123)78(81(117)80(116)58-32-34-59(110)35-33-58)103-86(121)70-47-60(111)49-107(70)91(126)76(56(7)109)101-85(68)120)71(112)36-41-105-55(6)45-69(90(105)125)99-84(119)67(46-57-25-17-15-18-26-57)98-87(122)75(54(5)10-2)100-83(118)66(96-51-108)38-43-130-8/h15,17-18,20-23,25-30,32-35,51-56,60,65-73,75-82,94,109-114,116-117H,9-14,16,19,24,31,36-50H2,1-8H3,(H,95,128)(H,96,108)(H,97,115)(H,98,122)(H,99,119)(H,100,118)(H,101,120)(H,102,123)(H,103,121)(H,104,124)/t52-,53+,54?,55?,56+,60+,66-,67-,68-,69-,70-,71+,72-,73+,75-,76-,77-,78-,79-,80-,81-,82-/m0/s1. The van der Waals surface area contributed by atoms with E-state index in [4.69, 9.17) is 4.74 Å². The molecule has 1 aliphatic carbocycles. The number of likely N-dealkylation sites (tertiary alicyclic amines) is 1. The Bertz CT molecular complexity index is 4420. The SMILES string of the molecule is CCC(C)[C@H](NC(=O)[C@H](CCSC)NC=O)C(=O)N[C@@H](Cc1ccccc1)C(=O)N[C@H]1CC(C)N(CC[C@@H](O)[C@@H]2NC(=O)[C@H]([C@H](O)[C@@H](O)c3ccc(O)cc3)NC(=O)[C@@H]3C[C@@H](O)CN3C(=O)[C@H]([C@@H](C)O)NC(=O)[C@@H](NC(=O)CCCCCCCC[C@@H](C)C[C@@H](C)CC)C[C@@H](O)[C@@H](NCCNC(=O)OCC3c4ccccc4-c4ccccc43)NC(=O)[C@@H]3[C@@H](O)CCN3C2=O)C1=O. The third-order valence-corrected chi connectivity index (χ3v) is 26.2. The van der Waals surface area contributed by atoms with Gasteiger partial charge in [0.15, 0.2) is 0 Å². The fourth-order valence-electron chi connectivity index (χ4n) is 17.7. The number of benzene rings is 4. The number of aliphatic hydroxyl groups excluding tert-OH is 7. The number of nitrogens with zero attached hydrogens (tertiary/aromatic N) is 3. The number of aliphatic hydroxyl groups is 7. The van der Waals surface area contributed by atoms with Gasteiger partial charge in [0.1, 0.15) is 91.1 Å². The van der Waals surface area contributed by atoms with E-state index in [1.807, 2.05) is 54.8 Å². The molecule has 9 rings (SSSR count). The molecule has 0 aromatic heterocycles. The maximum Gasteiger partial charge on any atom is 0.407 e. The minimum absolute atomic E-state index is 0.0647. The first-order valence-electron chi connectivity index (χ1n) is 45.6. The number of ether oxygens (including phenoxy) is 1. The zero-order valence-electron chi connectivity index (χ0n) is 75.4. The third-order valence-electron chi connectivity index (χ3n) is 25.6. The fraction of sp³-hybridized carbons (Fsp3) is 0.602. The summed E-state index contributed by atoms with van der Waals surface area (Å²) in [6.07, 6.45) is -8.30. The summed E-state index contributed by atoms with van der Waals surface area (Å²) >= 11 is 1.45. The summed E-state index contributed by atoms with van der Waals surface area (Å²) in [5, 5.41) is 124. The van der Waals surface area contributed by atoms with E-state index in [0.717, 1.165) is 96.1 Å². The molecule has 0 bridgehead atoms. The van der Waals surface area contributed by atoms with Gasteiger partial charge in [-0.1, -0.05) is 177 Å². The number of unbranched alkanes of at least 4 members (excludes halogenated alkanes) is 5. The molecule has 4 aliphatic heterocycles. The van der Waals surface area contributed by atoms with Crippen LogP contribution in [-0.4, -0.2) is 294 Å². The summed E-state index contributed by atoms with van der Waals surface area (Å²) in [7, 11) is 0. The van der Waals surface area contributed by atoms with Crippen molar-refractivity contribution in [2.45, 2.75) is 285 Å². The van der Waals surface area contributed by atoms with Crippen LogP contribution >= 0.6 is 11.8 Å². The van der Waals surface area contributed by atoms with E-state index >= 15 is 28.8 Å². The van der Waals surface area contributed by atoms with Gasteiger partial charge in [-0.25, -0.2) is 4.79 Å². The van der Waals surface area contributed by atoms with Crippen LogP contribution in [0.15, 0.2) is 103 Å². The minimum atomic E-state index is -2.47. The summed E-state index contributed by atoms with van der Waals surface area (Å²) in [6.45, 7) is 10.7. The summed E-state index contributed by atoms with van der Waals surface area (Å²) in [5.74, 6) is -10.7. The molecule has 2 unspecified atom stereocenters. The van der Waals surface area contributed by atoms with Crippen LogP contribution < -0.4 is 58.5 Å². The number of carbonyl (C=O) groups is 13. The maximum atomic E-state index is 15.9. The number of hydrogen-bond donors (Lipinski definition) is 19. The van der Waals surface area contributed by atoms with E-state index in [1.54, 1.807) is 51.1 Å². The number of amides is 13. The van der Waals surface area contributed by atoms with Gasteiger partial charge in [-0.15, -0.1) is 0 Å². The first kappa shape index (κ1) is 103. The number of phenols is 1. The van der Waals surface area contributed by atoms with E-state index < -0.39 is 231 Å². The van der Waals surface area contributed by atoms with Gasteiger partial charge < -0.3 is 113 Å². The molecule has 5 aliphatic rings. The molecule has 0 saturated carbocycles. The molecule has 36 nitrogen and oxygen atoms in total. The van der Waals surface area contributed by atoms with Crippen molar-refractivity contribution < 1.29 is 108 Å². The average molecular weight is 1830 g/mol. The van der Waals surface area contributed by atoms with Crippen LogP contribution in [-0.2, 0) is 68.7 Å². The molecule has 4 fully saturated rings. The highest BCUT2D eigenvalue weighted by molar-refractivity contribution is 7.98. The van der Waals surface area contributed by atoms with Gasteiger partial charge >= 0.3 is 6.09 Å². The number of alkyl carbamates (subject to hydrolysis) is 1. The molecule has 0 radical (unpaired) electrons. The number of fused-ring (bicyclic) bond motifs is 5. The first-order valence-corrected chi connectivity index (χ1v) is 47.0. The zero-order chi connectivity index (χ0) is 94.6. The number of thioether (sulfide) groups is 1. The van der Waals surface area contributed by atoms with Crippen LogP contribution in [0.3, 0.4) is 0 Å². The second-order valence-electron chi connectivity index (χ2n) is 35.4. The van der Waals surface area contributed by atoms with Crippen molar-refractivity contribution in [3.8, 4) is 16.9 Å². The highest BCUT2D eigenvalue weighted by Gasteiger charge is 2.51. The van der Waals surface area contributed by atoms with Crippen molar-refractivity contribution in [1.29, 1.82) is 0 Å². The predicted molar refractivity (Wildman–Crippen MR) is 482 cm³/mol. The van der Waals surface area contributed by atoms with E-state index in [-0.39, 0.29) is 69.0 Å². The molecule has 0 spiro atoms. The number of aromatic hydroxyl groups is 1.